The highest BCUT2D eigenvalue weighted by atomic mass is 16.5. The Bertz CT molecular complexity index is 718. The first kappa shape index (κ1) is 16.2. The third kappa shape index (κ3) is 3.63. The van der Waals surface area contributed by atoms with E-state index in [1.54, 1.807) is 6.92 Å². The minimum absolute atomic E-state index is 0.0397. The number of amides is 2. The molecular formula is C19H20N2O3. The minimum Gasteiger partial charge on any atom is -0.343 e. The van der Waals surface area contributed by atoms with E-state index < -0.39 is 5.72 Å². The van der Waals surface area contributed by atoms with Crippen LogP contribution in [0.15, 0.2) is 60.7 Å². The molecular weight excluding hydrogens is 304 g/mol. The van der Waals surface area contributed by atoms with Crippen LogP contribution < -0.4 is 5.32 Å². The van der Waals surface area contributed by atoms with Gasteiger partial charge in [-0.2, -0.15) is 0 Å². The maximum atomic E-state index is 12.8. The standard InChI is InChI=1S/C19H20N2O3/c1-19(24-14-16-10-6-3-7-11-16)18(23)21(13-17(22)20-19)12-15-8-4-2-5-9-15/h2-11H,12-14H2,1H3,(H,20,22)/t19-/m0/s1. The van der Waals surface area contributed by atoms with Crippen LogP contribution in [0.1, 0.15) is 18.1 Å². The first-order valence-corrected chi connectivity index (χ1v) is 7.89. The summed E-state index contributed by atoms with van der Waals surface area (Å²) in [6, 6.07) is 19.2. The molecule has 2 aromatic carbocycles. The van der Waals surface area contributed by atoms with Gasteiger partial charge in [-0.05, 0) is 18.1 Å². The molecule has 0 radical (unpaired) electrons. The SMILES string of the molecule is C[C@@]1(OCc2ccccc2)NC(=O)CN(Cc2ccccc2)C1=O. The second kappa shape index (κ2) is 6.84. The molecule has 0 aliphatic carbocycles. The fourth-order valence-electron chi connectivity index (χ4n) is 2.74. The molecule has 24 heavy (non-hydrogen) atoms. The number of rotatable bonds is 5. The lowest BCUT2D eigenvalue weighted by atomic mass is 10.1. The summed E-state index contributed by atoms with van der Waals surface area (Å²) < 4.78 is 5.78. The highest BCUT2D eigenvalue weighted by Crippen LogP contribution is 2.20. The lowest BCUT2D eigenvalue weighted by molar-refractivity contribution is -0.175. The zero-order chi connectivity index (χ0) is 17.0. The van der Waals surface area contributed by atoms with Crippen molar-refractivity contribution in [2.45, 2.75) is 25.8 Å². The maximum Gasteiger partial charge on any atom is 0.276 e. The van der Waals surface area contributed by atoms with E-state index in [9.17, 15) is 9.59 Å². The summed E-state index contributed by atoms with van der Waals surface area (Å²) in [5, 5.41) is 2.68. The van der Waals surface area contributed by atoms with Gasteiger partial charge in [-0.15, -0.1) is 0 Å². The van der Waals surface area contributed by atoms with Gasteiger partial charge in [0.15, 0.2) is 0 Å². The molecule has 1 aliphatic rings. The number of piperazine rings is 1. The van der Waals surface area contributed by atoms with E-state index in [1.807, 2.05) is 60.7 Å². The van der Waals surface area contributed by atoms with Crippen LogP contribution in [-0.4, -0.2) is 29.0 Å². The molecule has 0 bridgehead atoms. The maximum absolute atomic E-state index is 12.8. The number of nitrogens with zero attached hydrogens (tertiary/aromatic N) is 1. The smallest absolute Gasteiger partial charge is 0.276 e. The Labute approximate surface area is 141 Å². The van der Waals surface area contributed by atoms with E-state index in [4.69, 9.17) is 4.74 Å². The molecule has 1 N–H and O–H groups in total. The van der Waals surface area contributed by atoms with Gasteiger partial charge in [-0.25, -0.2) is 0 Å². The highest BCUT2D eigenvalue weighted by Gasteiger charge is 2.44. The topological polar surface area (TPSA) is 58.6 Å². The number of carbonyl (C=O) groups excluding carboxylic acids is 2. The van der Waals surface area contributed by atoms with Crippen LogP contribution in [0.25, 0.3) is 0 Å². The molecule has 1 fully saturated rings. The van der Waals surface area contributed by atoms with E-state index in [1.165, 1.54) is 4.90 Å². The second-order valence-electron chi connectivity index (χ2n) is 6.00. The lowest BCUT2D eigenvalue weighted by Gasteiger charge is -2.39. The average Bonchev–Trinajstić information content (AvgIpc) is 2.59. The van der Waals surface area contributed by atoms with Crippen LogP contribution in [-0.2, 0) is 27.5 Å². The molecule has 1 heterocycles. The minimum atomic E-state index is -1.35. The summed E-state index contributed by atoms with van der Waals surface area (Å²) in [5.41, 5.74) is 0.576. The fraction of sp³-hybridized carbons (Fsp3) is 0.263. The van der Waals surface area contributed by atoms with Crippen molar-refractivity contribution >= 4 is 11.8 Å². The first-order valence-electron chi connectivity index (χ1n) is 7.89. The highest BCUT2D eigenvalue weighted by molar-refractivity contribution is 5.96. The van der Waals surface area contributed by atoms with Gasteiger partial charge < -0.3 is 15.0 Å². The third-order valence-electron chi connectivity index (χ3n) is 3.99. The second-order valence-corrected chi connectivity index (χ2v) is 6.00. The Morgan fingerprint density at radius 3 is 2.21 bits per heavy atom. The first-order chi connectivity index (χ1) is 11.6. The molecule has 2 aromatic rings. The zero-order valence-electron chi connectivity index (χ0n) is 13.6. The van der Waals surface area contributed by atoms with Gasteiger partial charge in [-0.1, -0.05) is 60.7 Å². The van der Waals surface area contributed by atoms with Crippen LogP contribution in [0.3, 0.4) is 0 Å². The van der Waals surface area contributed by atoms with Crippen molar-refractivity contribution in [2.75, 3.05) is 6.54 Å². The Morgan fingerprint density at radius 1 is 1.00 bits per heavy atom. The predicted molar refractivity (Wildman–Crippen MR) is 89.6 cm³/mol. The number of hydrogen-bond donors (Lipinski definition) is 1. The summed E-state index contributed by atoms with van der Waals surface area (Å²) in [4.78, 5) is 26.4. The number of hydrogen-bond acceptors (Lipinski definition) is 3. The Balaban J connectivity index is 1.72. The quantitative estimate of drug-likeness (QED) is 0.916. The van der Waals surface area contributed by atoms with E-state index in [0.717, 1.165) is 11.1 Å². The molecule has 1 atom stereocenters. The molecule has 5 nitrogen and oxygen atoms in total. The molecule has 124 valence electrons. The van der Waals surface area contributed by atoms with Crippen molar-refractivity contribution in [3.05, 3.63) is 71.8 Å². The zero-order valence-corrected chi connectivity index (χ0v) is 13.6. The number of nitrogens with one attached hydrogen (secondary N) is 1. The Morgan fingerprint density at radius 2 is 1.58 bits per heavy atom. The Hall–Kier alpha value is -2.66. The van der Waals surface area contributed by atoms with Crippen molar-refractivity contribution < 1.29 is 14.3 Å². The summed E-state index contributed by atoms with van der Waals surface area (Å²) in [7, 11) is 0. The van der Waals surface area contributed by atoms with Crippen LogP contribution in [0.5, 0.6) is 0 Å². The average molecular weight is 324 g/mol. The van der Waals surface area contributed by atoms with E-state index in [0.29, 0.717) is 6.54 Å². The summed E-state index contributed by atoms with van der Waals surface area (Å²) >= 11 is 0. The van der Waals surface area contributed by atoms with Crippen molar-refractivity contribution in [2.24, 2.45) is 0 Å². The van der Waals surface area contributed by atoms with Crippen molar-refractivity contribution in [1.29, 1.82) is 0 Å². The van der Waals surface area contributed by atoms with Gasteiger partial charge in [0.25, 0.3) is 5.91 Å². The van der Waals surface area contributed by atoms with E-state index in [2.05, 4.69) is 5.32 Å². The summed E-state index contributed by atoms with van der Waals surface area (Å²) in [5.74, 6) is -0.456. The van der Waals surface area contributed by atoms with Crippen LogP contribution in [0.4, 0.5) is 0 Å². The molecule has 0 spiro atoms. The van der Waals surface area contributed by atoms with Crippen LogP contribution in [0, 0.1) is 0 Å². The van der Waals surface area contributed by atoms with Crippen LogP contribution in [0.2, 0.25) is 0 Å². The van der Waals surface area contributed by atoms with Gasteiger partial charge in [0, 0.05) is 6.54 Å². The summed E-state index contributed by atoms with van der Waals surface area (Å²) in [6.45, 7) is 2.28. The van der Waals surface area contributed by atoms with Crippen molar-refractivity contribution in [3.8, 4) is 0 Å². The number of ether oxygens (including phenoxy) is 1. The van der Waals surface area contributed by atoms with Crippen molar-refractivity contribution in [3.63, 3.8) is 0 Å². The monoisotopic (exact) mass is 324 g/mol. The molecule has 5 heteroatoms. The van der Waals surface area contributed by atoms with Gasteiger partial charge >= 0.3 is 0 Å². The molecule has 2 amide bonds. The fourth-order valence-corrected chi connectivity index (χ4v) is 2.74. The van der Waals surface area contributed by atoms with Gasteiger partial charge in [0.1, 0.15) is 6.54 Å². The molecule has 1 aliphatic heterocycles. The lowest BCUT2D eigenvalue weighted by Crippen LogP contribution is -2.66. The third-order valence-corrected chi connectivity index (χ3v) is 3.99. The molecule has 0 saturated carbocycles. The Kier molecular flexibility index (Phi) is 4.62. The van der Waals surface area contributed by atoms with Gasteiger partial charge in [0.2, 0.25) is 11.6 Å². The largest absolute Gasteiger partial charge is 0.343 e. The normalized spacial score (nSPS) is 20.8. The molecule has 0 unspecified atom stereocenters. The van der Waals surface area contributed by atoms with Crippen LogP contribution >= 0.6 is 0 Å². The van der Waals surface area contributed by atoms with Crippen molar-refractivity contribution in [1.82, 2.24) is 10.2 Å². The van der Waals surface area contributed by atoms with E-state index in [-0.39, 0.29) is 25.0 Å². The molecule has 3 rings (SSSR count). The molecule has 1 saturated heterocycles. The number of carbonyl (C=O) groups is 2. The van der Waals surface area contributed by atoms with Gasteiger partial charge in [-0.3, -0.25) is 9.59 Å². The summed E-state index contributed by atoms with van der Waals surface area (Å²) in [6.07, 6.45) is 0. The number of benzene rings is 2. The van der Waals surface area contributed by atoms with E-state index >= 15 is 0 Å². The van der Waals surface area contributed by atoms with Gasteiger partial charge in [0.05, 0.1) is 6.61 Å². The molecule has 0 aromatic heterocycles. The predicted octanol–water partition coefficient (Wildman–Crippen LogP) is 2.08.